The smallest absolute Gasteiger partial charge is 0.488 e. The molecule has 0 heterocycles. The molecule has 0 saturated heterocycles. The molecule has 0 amide bonds. The first kappa shape index (κ1) is 13.1. The van der Waals surface area contributed by atoms with E-state index in [1.54, 1.807) is 18.2 Å². The quantitative estimate of drug-likeness (QED) is 0.561. The van der Waals surface area contributed by atoms with Crippen molar-refractivity contribution in [3.63, 3.8) is 0 Å². The van der Waals surface area contributed by atoms with Gasteiger partial charge >= 0.3 is 7.12 Å². The monoisotopic (exact) mass is 222 g/mol. The van der Waals surface area contributed by atoms with E-state index in [-0.39, 0.29) is 0 Å². The van der Waals surface area contributed by atoms with Crippen LogP contribution >= 0.6 is 0 Å². The van der Waals surface area contributed by atoms with Gasteiger partial charge in [-0.3, -0.25) is 0 Å². The van der Waals surface area contributed by atoms with E-state index in [1.165, 1.54) is 0 Å². The van der Waals surface area contributed by atoms with E-state index in [1.807, 2.05) is 6.07 Å². The van der Waals surface area contributed by atoms with E-state index in [0.717, 1.165) is 12.8 Å². The first-order valence-corrected chi connectivity index (χ1v) is 5.68. The molecule has 0 unspecified atom stereocenters. The van der Waals surface area contributed by atoms with Crippen molar-refractivity contribution in [3.8, 4) is 5.75 Å². The van der Waals surface area contributed by atoms with Crippen molar-refractivity contribution in [2.75, 3.05) is 6.61 Å². The van der Waals surface area contributed by atoms with Crippen molar-refractivity contribution in [3.05, 3.63) is 24.3 Å². The molecule has 16 heavy (non-hydrogen) atoms. The second kappa shape index (κ2) is 6.56. The van der Waals surface area contributed by atoms with Gasteiger partial charge in [-0.2, -0.15) is 0 Å². The normalized spacial score (nSPS) is 10.6. The molecule has 3 nitrogen and oxygen atoms in total. The predicted octanol–water partition coefficient (Wildman–Crippen LogP) is 1.18. The molecular weight excluding hydrogens is 203 g/mol. The summed E-state index contributed by atoms with van der Waals surface area (Å²) in [5, 5.41) is 18.0. The molecule has 2 N–H and O–H groups in total. The van der Waals surface area contributed by atoms with Crippen molar-refractivity contribution < 1.29 is 14.8 Å². The van der Waals surface area contributed by atoms with Crippen LogP contribution in [0.4, 0.5) is 0 Å². The SMILES string of the molecule is CC(C)CCCOc1cccc(B(O)O)c1. The van der Waals surface area contributed by atoms with Crippen molar-refractivity contribution in [1.82, 2.24) is 0 Å². The van der Waals surface area contributed by atoms with Crippen molar-refractivity contribution in [2.24, 2.45) is 5.92 Å². The standard InChI is InChI=1S/C12H19BO3/c1-10(2)5-4-8-16-12-7-3-6-11(9-12)13(14)15/h3,6-7,9-10,14-15H,4-5,8H2,1-2H3. The third-order valence-electron chi connectivity index (χ3n) is 2.35. The average molecular weight is 222 g/mol. The van der Waals surface area contributed by atoms with Crippen LogP contribution in [0.3, 0.4) is 0 Å². The van der Waals surface area contributed by atoms with Gasteiger partial charge in [-0.25, -0.2) is 0 Å². The Balaban J connectivity index is 2.39. The topological polar surface area (TPSA) is 49.7 Å². The average Bonchev–Trinajstić information content (AvgIpc) is 2.24. The summed E-state index contributed by atoms with van der Waals surface area (Å²) < 4.78 is 5.52. The second-order valence-electron chi connectivity index (χ2n) is 4.33. The van der Waals surface area contributed by atoms with Crippen LogP contribution in [0.1, 0.15) is 26.7 Å². The summed E-state index contributed by atoms with van der Waals surface area (Å²) in [5.74, 6) is 1.38. The van der Waals surface area contributed by atoms with Gasteiger partial charge in [0.2, 0.25) is 0 Å². The maximum Gasteiger partial charge on any atom is 0.488 e. The molecule has 4 heteroatoms. The molecule has 0 bridgehead atoms. The van der Waals surface area contributed by atoms with Gasteiger partial charge in [-0.1, -0.05) is 26.0 Å². The molecule has 88 valence electrons. The Labute approximate surface area is 97.2 Å². The van der Waals surface area contributed by atoms with Crippen LogP contribution in [0.25, 0.3) is 0 Å². The Hall–Kier alpha value is -0.995. The van der Waals surface area contributed by atoms with E-state index < -0.39 is 7.12 Å². The molecule has 0 radical (unpaired) electrons. The molecule has 0 aliphatic carbocycles. The minimum Gasteiger partial charge on any atom is -0.494 e. The van der Waals surface area contributed by atoms with Crippen LogP contribution in [0.5, 0.6) is 5.75 Å². The van der Waals surface area contributed by atoms with Gasteiger partial charge in [-0.15, -0.1) is 0 Å². The number of hydrogen-bond acceptors (Lipinski definition) is 3. The van der Waals surface area contributed by atoms with Crippen LogP contribution in [0.15, 0.2) is 24.3 Å². The van der Waals surface area contributed by atoms with Gasteiger partial charge in [0.1, 0.15) is 5.75 Å². The molecule has 0 aromatic heterocycles. The van der Waals surface area contributed by atoms with Crippen molar-refractivity contribution in [2.45, 2.75) is 26.7 Å². The number of hydrogen-bond donors (Lipinski definition) is 2. The van der Waals surface area contributed by atoms with Gasteiger partial charge in [0.15, 0.2) is 0 Å². The lowest BCUT2D eigenvalue weighted by molar-refractivity contribution is 0.298. The Bertz CT molecular complexity index is 313. The molecule has 0 atom stereocenters. The molecule has 1 rings (SSSR count). The van der Waals surface area contributed by atoms with Gasteiger partial charge < -0.3 is 14.8 Å². The highest BCUT2D eigenvalue weighted by Gasteiger charge is 2.10. The van der Waals surface area contributed by atoms with E-state index in [9.17, 15) is 0 Å². The van der Waals surface area contributed by atoms with Crippen LogP contribution in [-0.4, -0.2) is 23.8 Å². The van der Waals surface area contributed by atoms with Gasteiger partial charge in [0.25, 0.3) is 0 Å². The van der Waals surface area contributed by atoms with E-state index >= 15 is 0 Å². The highest BCUT2D eigenvalue weighted by atomic mass is 16.5. The molecule has 0 saturated carbocycles. The summed E-state index contributed by atoms with van der Waals surface area (Å²) in [4.78, 5) is 0. The van der Waals surface area contributed by atoms with E-state index in [2.05, 4.69) is 13.8 Å². The molecule has 0 aliphatic heterocycles. The molecule has 1 aromatic carbocycles. The van der Waals surface area contributed by atoms with Crippen LogP contribution in [0, 0.1) is 5.92 Å². The number of ether oxygens (including phenoxy) is 1. The van der Waals surface area contributed by atoms with Gasteiger partial charge in [0.05, 0.1) is 6.61 Å². The summed E-state index contributed by atoms with van der Waals surface area (Å²) in [6.45, 7) is 5.04. The Morgan fingerprint density at radius 1 is 1.31 bits per heavy atom. The summed E-state index contributed by atoms with van der Waals surface area (Å²) >= 11 is 0. The second-order valence-corrected chi connectivity index (χ2v) is 4.33. The van der Waals surface area contributed by atoms with Gasteiger partial charge in [0, 0.05) is 0 Å². The minimum absolute atomic E-state index is 0.460. The van der Waals surface area contributed by atoms with Gasteiger partial charge in [-0.05, 0) is 36.4 Å². The predicted molar refractivity (Wildman–Crippen MR) is 65.8 cm³/mol. The first-order valence-electron chi connectivity index (χ1n) is 5.68. The maximum atomic E-state index is 8.99. The van der Waals surface area contributed by atoms with E-state index in [0.29, 0.717) is 23.7 Å². The highest BCUT2D eigenvalue weighted by Crippen LogP contribution is 2.10. The van der Waals surface area contributed by atoms with Crippen LogP contribution in [0.2, 0.25) is 0 Å². The third-order valence-corrected chi connectivity index (χ3v) is 2.35. The lowest BCUT2D eigenvalue weighted by Crippen LogP contribution is -2.29. The largest absolute Gasteiger partial charge is 0.494 e. The highest BCUT2D eigenvalue weighted by molar-refractivity contribution is 6.58. The first-order chi connectivity index (χ1) is 7.59. The summed E-state index contributed by atoms with van der Waals surface area (Å²) in [7, 11) is -1.43. The summed E-state index contributed by atoms with van der Waals surface area (Å²) in [6.07, 6.45) is 2.16. The molecule has 1 aromatic rings. The van der Waals surface area contributed by atoms with E-state index in [4.69, 9.17) is 14.8 Å². The molecule has 0 aliphatic rings. The Kier molecular flexibility index (Phi) is 5.36. The Morgan fingerprint density at radius 3 is 2.69 bits per heavy atom. The zero-order valence-electron chi connectivity index (χ0n) is 9.89. The van der Waals surface area contributed by atoms with Crippen LogP contribution < -0.4 is 10.2 Å². The zero-order chi connectivity index (χ0) is 12.0. The summed E-state index contributed by atoms with van der Waals surface area (Å²) in [5.41, 5.74) is 0.460. The van der Waals surface area contributed by atoms with Crippen molar-refractivity contribution in [1.29, 1.82) is 0 Å². The fourth-order valence-corrected chi connectivity index (χ4v) is 1.45. The lowest BCUT2D eigenvalue weighted by Gasteiger charge is -2.08. The zero-order valence-corrected chi connectivity index (χ0v) is 9.89. The fraction of sp³-hybridized carbons (Fsp3) is 0.500. The Morgan fingerprint density at radius 2 is 2.06 bits per heavy atom. The van der Waals surface area contributed by atoms with Crippen molar-refractivity contribution >= 4 is 12.6 Å². The fourth-order valence-electron chi connectivity index (χ4n) is 1.45. The lowest BCUT2D eigenvalue weighted by atomic mass is 9.80. The number of rotatable bonds is 6. The van der Waals surface area contributed by atoms with Crippen LogP contribution in [-0.2, 0) is 0 Å². The molecule has 0 fully saturated rings. The summed E-state index contributed by atoms with van der Waals surface area (Å²) in [6, 6.07) is 6.89. The minimum atomic E-state index is -1.43. The number of benzene rings is 1. The third kappa shape index (κ3) is 4.68. The maximum absolute atomic E-state index is 8.99. The molecule has 0 spiro atoms. The molecular formula is C12H19BO3.